The Morgan fingerprint density at radius 1 is 1.09 bits per heavy atom. The number of imidazole rings is 1. The standard InChI is InChI=1S/C25H22N6O3.ClH/c1-2-6-21(32)29-14-13-18(15-29)31-24-22(23(26)27-16-28-24)30(25(31)33)17-9-11-20(12-10-17)34-19-7-4-3-5-8-19;/h3-5,7-12,16,18H,13-15H2,1H3,(H2,26,27,28);1H/t18-;/m1./s1. The molecule has 2 N–H and O–H groups in total. The van der Waals surface area contributed by atoms with E-state index >= 15 is 0 Å². The van der Waals surface area contributed by atoms with Crippen LogP contribution in [-0.2, 0) is 4.79 Å². The number of hydrogen-bond donors (Lipinski definition) is 1. The Hall–Kier alpha value is -4.29. The Morgan fingerprint density at radius 3 is 2.51 bits per heavy atom. The molecule has 2 aromatic heterocycles. The largest absolute Gasteiger partial charge is 0.457 e. The quantitative estimate of drug-likeness (QED) is 0.440. The summed E-state index contributed by atoms with van der Waals surface area (Å²) in [5, 5.41) is 0. The number of nitrogen functional groups attached to an aromatic ring is 1. The van der Waals surface area contributed by atoms with Crippen LogP contribution in [0.4, 0.5) is 5.82 Å². The number of carbonyl (C=O) groups is 1. The van der Waals surface area contributed by atoms with Gasteiger partial charge < -0.3 is 15.4 Å². The van der Waals surface area contributed by atoms with Gasteiger partial charge in [0.2, 0.25) is 0 Å². The summed E-state index contributed by atoms with van der Waals surface area (Å²) in [5.41, 5.74) is 7.37. The Kier molecular flexibility index (Phi) is 6.75. The first-order valence-corrected chi connectivity index (χ1v) is 10.8. The van der Waals surface area contributed by atoms with Crippen LogP contribution in [0.3, 0.4) is 0 Å². The van der Waals surface area contributed by atoms with E-state index in [1.54, 1.807) is 40.7 Å². The van der Waals surface area contributed by atoms with Crippen LogP contribution in [0.2, 0.25) is 0 Å². The lowest BCUT2D eigenvalue weighted by Gasteiger charge is -2.14. The van der Waals surface area contributed by atoms with Crippen LogP contribution in [0.15, 0.2) is 65.7 Å². The molecular weight excluding hydrogens is 468 g/mol. The van der Waals surface area contributed by atoms with Crippen molar-refractivity contribution >= 4 is 35.3 Å². The van der Waals surface area contributed by atoms with E-state index in [0.29, 0.717) is 42.1 Å². The van der Waals surface area contributed by atoms with Gasteiger partial charge in [-0.25, -0.2) is 14.8 Å². The number of ether oxygens (including phenoxy) is 1. The van der Waals surface area contributed by atoms with Gasteiger partial charge in [-0.3, -0.25) is 13.9 Å². The summed E-state index contributed by atoms with van der Waals surface area (Å²) in [6, 6.07) is 16.4. The zero-order chi connectivity index (χ0) is 23.7. The second-order valence-corrected chi connectivity index (χ2v) is 7.90. The summed E-state index contributed by atoms with van der Waals surface area (Å²) in [6.45, 7) is 2.52. The molecule has 1 amide bonds. The molecule has 1 atom stereocenters. The average molecular weight is 491 g/mol. The van der Waals surface area contributed by atoms with Crippen LogP contribution in [0.25, 0.3) is 16.9 Å². The monoisotopic (exact) mass is 490 g/mol. The maximum atomic E-state index is 13.6. The molecule has 0 unspecified atom stereocenters. The van der Waals surface area contributed by atoms with Crippen molar-refractivity contribution in [1.82, 2.24) is 24.0 Å². The number of aromatic nitrogens is 4. The Bertz CT molecular complexity index is 1490. The highest BCUT2D eigenvalue weighted by atomic mass is 35.5. The highest BCUT2D eigenvalue weighted by Crippen LogP contribution is 2.28. The molecule has 1 aliphatic rings. The molecule has 1 saturated heterocycles. The summed E-state index contributed by atoms with van der Waals surface area (Å²) < 4.78 is 8.97. The summed E-state index contributed by atoms with van der Waals surface area (Å²) in [5.74, 6) is 6.50. The van der Waals surface area contributed by atoms with E-state index in [2.05, 4.69) is 21.8 Å². The third-order valence-electron chi connectivity index (χ3n) is 5.80. The highest BCUT2D eigenvalue weighted by molar-refractivity contribution is 5.93. The van der Waals surface area contributed by atoms with Crippen LogP contribution in [-0.4, -0.2) is 43.0 Å². The Balaban J connectivity index is 0.00000289. The van der Waals surface area contributed by atoms with Crippen molar-refractivity contribution in [2.45, 2.75) is 19.4 Å². The number of amides is 1. The number of para-hydroxylation sites is 1. The van der Waals surface area contributed by atoms with Gasteiger partial charge in [0.1, 0.15) is 23.3 Å². The van der Waals surface area contributed by atoms with Gasteiger partial charge >= 0.3 is 5.69 Å². The zero-order valence-corrected chi connectivity index (χ0v) is 19.7. The fraction of sp³-hybridized carbons (Fsp3) is 0.200. The molecule has 1 fully saturated rings. The molecular formula is C25H23ClN6O3. The molecule has 9 nitrogen and oxygen atoms in total. The number of rotatable bonds is 4. The van der Waals surface area contributed by atoms with Crippen LogP contribution in [0, 0.1) is 11.8 Å². The van der Waals surface area contributed by atoms with Crippen molar-refractivity contribution in [3.05, 3.63) is 71.4 Å². The summed E-state index contributed by atoms with van der Waals surface area (Å²) in [6.07, 6.45) is 1.96. The van der Waals surface area contributed by atoms with E-state index < -0.39 is 0 Å². The first-order valence-electron chi connectivity index (χ1n) is 10.8. The van der Waals surface area contributed by atoms with Gasteiger partial charge in [0.15, 0.2) is 11.5 Å². The predicted molar refractivity (Wildman–Crippen MR) is 135 cm³/mol. The van der Waals surface area contributed by atoms with Crippen LogP contribution in [0.1, 0.15) is 19.4 Å². The van der Waals surface area contributed by atoms with Crippen molar-refractivity contribution in [2.24, 2.45) is 0 Å². The van der Waals surface area contributed by atoms with E-state index in [1.165, 1.54) is 10.9 Å². The van der Waals surface area contributed by atoms with Crippen molar-refractivity contribution in [3.8, 4) is 29.0 Å². The van der Waals surface area contributed by atoms with Gasteiger partial charge in [0, 0.05) is 13.1 Å². The fourth-order valence-electron chi connectivity index (χ4n) is 4.25. The molecule has 1 aliphatic heterocycles. The molecule has 3 heterocycles. The van der Waals surface area contributed by atoms with Gasteiger partial charge in [-0.2, -0.15) is 0 Å². The number of benzene rings is 2. The molecule has 0 radical (unpaired) electrons. The molecule has 178 valence electrons. The zero-order valence-electron chi connectivity index (χ0n) is 18.9. The summed E-state index contributed by atoms with van der Waals surface area (Å²) in [7, 11) is 0. The summed E-state index contributed by atoms with van der Waals surface area (Å²) >= 11 is 0. The smallest absolute Gasteiger partial charge is 0.335 e. The number of nitrogens with two attached hydrogens (primary N) is 1. The highest BCUT2D eigenvalue weighted by Gasteiger charge is 2.31. The molecule has 2 aromatic carbocycles. The third-order valence-corrected chi connectivity index (χ3v) is 5.80. The van der Waals surface area contributed by atoms with Gasteiger partial charge in [-0.1, -0.05) is 24.1 Å². The Labute approximate surface area is 207 Å². The van der Waals surface area contributed by atoms with E-state index in [1.807, 2.05) is 30.3 Å². The first kappa shape index (κ1) is 23.9. The predicted octanol–water partition coefficient (Wildman–Crippen LogP) is 3.18. The maximum Gasteiger partial charge on any atom is 0.335 e. The lowest BCUT2D eigenvalue weighted by molar-refractivity contribution is -0.124. The number of fused-ring (bicyclic) bond motifs is 1. The van der Waals surface area contributed by atoms with Gasteiger partial charge in [-0.05, 0) is 55.7 Å². The van der Waals surface area contributed by atoms with E-state index in [4.69, 9.17) is 10.5 Å². The lowest BCUT2D eigenvalue weighted by atomic mass is 10.2. The van der Waals surface area contributed by atoms with Gasteiger partial charge in [0.25, 0.3) is 5.91 Å². The van der Waals surface area contributed by atoms with Crippen molar-refractivity contribution in [1.29, 1.82) is 0 Å². The van der Waals surface area contributed by atoms with E-state index in [0.717, 1.165) is 5.75 Å². The number of likely N-dealkylation sites (tertiary alicyclic amines) is 1. The maximum absolute atomic E-state index is 13.6. The number of anilines is 1. The molecule has 5 rings (SSSR count). The number of hydrogen-bond acceptors (Lipinski definition) is 6. The number of carbonyl (C=O) groups excluding carboxylic acids is 1. The van der Waals surface area contributed by atoms with Crippen molar-refractivity contribution in [3.63, 3.8) is 0 Å². The summed E-state index contributed by atoms with van der Waals surface area (Å²) in [4.78, 5) is 36.0. The second kappa shape index (κ2) is 9.91. The average Bonchev–Trinajstić information content (AvgIpc) is 3.43. The minimum atomic E-state index is -0.292. The van der Waals surface area contributed by atoms with Crippen LogP contribution < -0.4 is 16.2 Å². The molecule has 0 bridgehead atoms. The third kappa shape index (κ3) is 4.44. The second-order valence-electron chi connectivity index (χ2n) is 7.90. The van der Waals surface area contributed by atoms with Crippen molar-refractivity contribution < 1.29 is 9.53 Å². The van der Waals surface area contributed by atoms with Gasteiger partial charge in [0.05, 0.1) is 11.7 Å². The molecule has 0 aliphatic carbocycles. The van der Waals surface area contributed by atoms with E-state index in [-0.39, 0.29) is 35.9 Å². The topological polar surface area (TPSA) is 108 Å². The van der Waals surface area contributed by atoms with Crippen LogP contribution >= 0.6 is 12.4 Å². The minimum absolute atomic E-state index is 0. The lowest BCUT2D eigenvalue weighted by Crippen LogP contribution is -2.31. The van der Waals surface area contributed by atoms with Crippen molar-refractivity contribution in [2.75, 3.05) is 18.8 Å². The SMILES string of the molecule is CC#CC(=O)N1CC[C@@H](n2c(=O)n(-c3ccc(Oc4ccccc4)cc3)c3c(N)ncnc32)C1.Cl. The molecule has 0 spiro atoms. The van der Waals surface area contributed by atoms with Crippen LogP contribution in [0.5, 0.6) is 11.5 Å². The van der Waals surface area contributed by atoms with E-state index in [9.17, 15) is 9.59 Å². The molecule has 0 saturated carbocycles. The molecule has 10 heteroatoms. The molecule has 35 heavy (non-hydrogen) atoms. The minimum Gasteiger partial charge on any atom is -0.457 e. The fourth-order valence-corrected chi connectivity index (χ4v) is 4.25. The normalized spacial score (nSPS) is 14.8. The number of halogens is 1. The number of nitrogens with zero attached hydrogens (tertiary/aromatic N) is 5. The Morgan fingerprint density at radius 2 is 1.80 bits per heavy atom. The molecule has 4 aromatic rings. The van der Waals surface area contributed by atoms with Gasteiger partial charge in [-0.15, -0.1) is 12.4 Å². The first-order chi connectivity index (χ1) is 16.6.